The Morgan fingerprint density at radius 2 is 2.13 bits per heavy atom. The van der Waals surface area contributed by atoms with Gasteiger partial charge in [-0.1, -0.05) is 18.2 Å². The maximum Gasteiger partial charge on any atom is 0.276 e. The molecule has 2 heterocycles. The highest BCUT2D eigenvalue weighted by molar-refractivity contribution is 6.01. The Morgan fingerprint density at radius 1 is 1.33 bits per heavy atom. The van der Waals surface area contributed by atoms with E-state index in [-0.39, 0.29) is 5.56 Å². The van der Waals surface area contributed by atoms with E-state index in [2.05, 4.69) is 9.97 Å². The number of aromatic amines is 1. The second-order valence-corrected chi connectivity index (χ2v) is 3.35. The Hall–Kier alpha value is -2.30. The molecule has 0 atom stereocenters. The largest absolute Gasteiger partial charge is 0.338 e. The molecule has 1 aromatic carbocycles. The molecule has 0 spiro atoms. The molecule has 0 amide bonds. The molecule has 5 nitrogen and oxygen atoms in total. The number of benzene rings is 1. The van der Waals surface area contributed by atoms with Crippen molar-refractivity contribution in [3.63, 3.8) is 0 Å². The lowest BCUT2D eigenvalue weighted by molar-refractivity contribution is 1.04. The molecule has 0 bridgehead atoms. The number of pyridine rings is 1. The first-order valence-electron chi connectivity index (χ1n) is 4.50. The van der Waals surface area contributed by atoms with Crippen LogP contribution in [0.3, 0.4) is 0 Å². The SMILES string of the molecule is Nn1cnc2c(=O)[nH]c3ccccc3c21. The summed E-state index contributed by atoms with van der Waals surface area (Å²) in [5, 5.41) is 0.895. The van der Waals surface area contributed by atoms with Crippen molar-refractivity contribution in [1.82, 2.24) is 14.6 Å². The smallest absolute Gasteiger partial charge is 0.276 e. The summed E-state index contributed by atoms with van der Waals surface area (Å²) in [7, 11) is 0. The summed E-state index contributed by atoms with van der Waals surface area (Å²) in [5.74, 6) is 5.71. The van der Waals surface area contributed by atoms with Gasteiger partial charge in [0.1, 0.15) is 11.8 Å². The average Bonchev–Trinajstić information content (AvgIpc) is 2.62. The Morgan fingerprint density at radius 3 is 3.00 bits per heavy atom. The van der Waals surface area contributed by atoms with E-state index >= 15 is 0 Å². The molecule has 5 heteroatoms. The van der Waals surface area contributed by atoms with Gasteiger partial charge in [-0.2, -0.15) is 0 Å². The summed E-state index contributed by atoms with van der Waals surface area (Å²) in [6.45, 7) is 0. The minimum absolute atomic E-state index is 0.215. The van der Waals surface area contributed by atoms with Gasteiger partial charge in [0.15, 0.2) is 5.52 Å². The van der Waals surface area contributed by atoms with Crippen molar-refractivity contribution < 1.29 is 0 Å². The van der Waals surface area contributed by atoms with Crippen molar-refractivity contribution in [2.24, 2.45) is 0 Å². The van der Waals surface area contributed by atoms with E-state index in [0.717, 1.165) is 10.9 Å². The van der Waals surface area contributed by atoms with Crippen molar-refractivity contribution in [2.75, 3.05) is 5.84 Å². The Labute approximate surface area is 84.1 Å². The quantitative estimate of drug-likeness (QED) is 0.521. The standard InChI is InChI=1S/C10H8N4O/c11-14-5-12-8-9(14)6-3-1-2-4-7(6)13-10(8)15/h1-5H,11H2,(H,13,15). The number of imidazole rings is 1. The van der Waals surface area contributed by atoms with Gasteiger partial charge in [-0.25, -0.2) is 9.66 Å². The van der Waals surface area contributed by atoms with Gasteiger partial charge < -0.3 is 10.8 Å². The second kappa shape index (κ2) is 2.60. The molecule has 0 aliphatic carbocycles. The Balaban J connectivity index is 2.74. The molecule has 15 heavy (non-hydrogen) atoms. The number of nitrogens with two attached hydrogens (primary N) is 1. The van der Waals surface area contributed by atoms with Crippen molar-refractivity contribution >= 4 is 21.9 Å². The first-order chi connectivity index (χ1) is 7.27. The van der Waals surface area contributed by atoms with Gasteiger partial charge in [-0.15, -0.1) is 0 Å². The highest BCUT2D eigenvalue weighted by atomic mass is 16.1. The molecule has 0 saturated heterocycles. The summed E-state index contributed by atoms with van der Waals surface area (Å²) in [4.78, 5) is 18.3. The topological polar surface area (TPSA) is 76.7 Å². The Kier molecular flexibility index (Phi) is 1.39. The van der Waals surface area contributed by atoms with E-state index in [1.807, 2.05) is 24.3 Å². The minimum Gasteiger partial charge on any atom is -0.338 e. The van der Waals surface area contributed by atoms with Crippen LogP contribution < -0.4 is 11.4 Å². The van der Waals surface area contributed by atoms with Gasteiger partial charge in [0.05, 0.1) is 5.52 Å². The zero-order valence-corrected chi connectivity index (χ0v) is 7.77. The maximum absolute atomic E-state index is 11.6. The highest BCUT2D eigenvalue weighted by Gasteiger charge is 2.08. The molecule has 74 valence electrons. The molecule has 0 radical (unpaired) electrons. The molecule has 0 aliphatic rings. The van der Waals surface area contributed by atoms with Crippen LogP contribution in [0.5, 0.6) is 0 Å². The fourth-order valence-electron chi connectivity index (χ4n) is 1.77. The van der Waals surface area contributed by atoms with E-state index in [4.69, 9.17) is 5.84 Å². The fraction of sp³-hybridized carbons (Fsp3) is 0. The normalized spacial score (nSPS) is 11.2. The molecule has 0 aliphatic heterocycles. The van der Waals surface area contributed by atoms with Crippen molar-refractivity contribution in [3.8, 4) is 0 Å². The zero-order valence-electron chi connectivity index (χ0n) is 7.77. The molecule has 2 aromatic heterocycles. The predicted octanol–water partition coefficient (Wildman–Crippen LogP) is 0.592. The summed E-state index contributed by atoms with van der Waals surface area (Å²) >= 11 is 0. The molecule has 0 unspecified atom stereocenters. The van der Waals surface area contributed by atoms with E-state index in [1.165, 1.54) is 11.0 Å². The van der Waals surface area contributed by atoms with Crippen LogP contribution in [-0.2, 0) is 0 Å². The third-order valence-electron chi connectivity index (χ3n) is 2.44. The van der Waals surface area contributed by atoms with Crippen LogP contribution in [0.4, 0.5) is 0 Å². The first-order valence-corrected chi connectivity index (χ1v) is 4.50. The Bertz CT molecular complexity index is 710. The number of nitrogens with zero attached hydrogens (tertiary/aromatic N) is 2. The van der Waals surface area contributed by atoms with Crippen LogP contribution in [0, 0.1) is 0 Å². The van der Waals surface area contributed by atoms with Gasteiger partial charge in [-0.3, -0.25) is 4.79 Å². The predicted molar refractivity (Wildman–Crippen MR) is 58.0 cm³/mol. The van der Waals surface area contributed by atoms with Crippen LogP contribution in [0.2, 0.25) is 0 Å². The van der Waals surface area contributed by atoms with E-state index in [1.54, 1.807) is 0 Å². The summed E-state index contributed by atoms with van der Waals surface area (Å²) in [6, 6.07) is 7.50. The lowest BCUT2D eigenvalue weighted by Gasteiger charge is -2.00. The summed E-state index contributed by atoms with van der Waals surface area (Å²) in [5.41, 5.74) is 1.58. The molecule has 0 fully saturated rings. The molecule has 0 saturated carbocycles. The fourth-order valence-corrected chi connectivity index (χ4v) is 1.77. The van der Waals surface area contributed by atoms with Gasteiger partial charge in [0.25, 0.3) is 5.56 Å². The number of hydrogen-bond acceptors (Lipinski definition) is 3. The summed E-state index contributed by atoms with van der Waals surface area (Å²) < 4.78 is 1.37. The number of para-hydroxylation sites is 1. The van der Waals surface area contributed by atoms with Crippen LogP contribution in [0.25, 0.3) is 21.9 Å². The van der Waals surface area contributed by atoms with Gasteiger partial charge in [0.2, 0.25) is 0 Å². The molecule has 3 N–H and O–H groups in total. The number of H-pyrrole nitrogens is 1. The minimum atomic E-state index is -0.215. The third-order valence-corrected chi connectivity index (χ3v) is 2.44. The van der Waals surface area contributed by atoms with E-state index < -0.39 is 0 Å². The lowest BCUT2D eigenvalue weighted by Crippen LogP contribution is -2.10. The number of rotatable bonds is 0. The monoisotopic (exact) mass is 200 g/mol. The van der Waals surface area contributed by atoms with Gasteiger partial charge in [-0.05, 0) is 6.07 Å². The van der Waals surface area contributed by atoms with Gasteiger partial charge >= 0.3 is 0 Å². The third kappa shape index (κ3) is 0.969. The van der Waals surface area contributed by atoms with Gasteiger partial charge in [0, 0.05) is 5.39 Å². The van der Waals surface area contributed by atoms with Crippen molar-refractivity contribution in [3.05, 3.63) is 40.9 Å². The van der Waals surface area contributed by atoms with Crippen LogP contribution in [-0.4, -0.2) is 14.6 Å². The highest BCUT2D eigenvalue weighted by Crippen LogP contribution is 2.18. The summed E-state index contributed by atoms with van der Waals surface area (Å²) in [6.07, 6.45) is 1.44. The second-order valence-electron chi connectivity index (χ2n) is 3.35. The first kappa shape index (κ1) is 8.05. The molecule has 3 aromatic rings. The van der Waals surface area contributed by atoms with Crippen LogP contribution in [0.15, 0.2) is 35.4 Å². The number of fused-ring (bicyclic) bond motifs is 3. The zero-order chi connectivity index (χ0) is 10.4. The number of hydrogen-bond donors (Lipinski definition) is 2. The lowest BCUT2D eigenvalue weighted by atomic mass is 10.2. The van der Waals surface area contributed by atoms with Crippen molar-refractivity contribution in [2.45, 2.75) is 0 Å². The van der Waals surface area contributed by atoms with E-state index in [9.17, 15) is 4.79 Å². The molecular formula is C10H8N4O. The molecule has 3 rings (SSSR count). The van der Waals surface area contributed by atoms with Crippen molar-refractivity contribution in [1.29, 1.82) is 0 Å². The van der Waals surface area contributed by atoms with Crippen LogP contribution in [0.1, 0.15) is 0 Å². The molecular weight excluding hydrogens is 192 g/mol. The van der Waals surface area contributed by atoms with Crippen LogP contribution >= 0.6 is 0 Å². The number of nitrogen functional groups attached to an aromatic ring is 1. The maximum atomic E-state index is 11.6. The number of aromatic nitrogens is 3. The van der Waals surface area contributed by atoms with E-state index in [0.29, 0.717) is 11.0 Å². The number of nitrogens with one attached hydrogen (secondary N) is 1. The average molecular weight is 200 g/mol.